The molecule has 1 aromatic carbocycles. The lowest BCUT2D eigenvalue weighted by molar-refractivity contribution is -0.133. The molecule has 1 aromatic rings. The van der Waals surface area contributed by atoms with Crippen molar-refractivity contribution in [2.45, 2.75) is 32.9 Å². The number of ether oxygens (including phenoxy) is 1. The summed E-state index contributed by atoms with van der Waals surface area (Å²) in [5.41, 5.74) is 1.14. The van der Waals surface area contributed by atoms with E-state index >= 15 is 0 Å². The van der Waals surface area contributed by atoms with Crippen LogP contribution in [0, 0.1) is 0 Å². The Morgan fingerprint density at radius 2 is 2.05 bits per heavy atom. The van der Waals surface area contributed by atoms with E-state index in [0.29, 0.717) is 0 Å². The summed E-state index contributed by atoms with van der Waals surface area (Å²) in [5.74, 6) is 0.715. The molecule has 1 atom stereocenters. The van der Waals surface area contributed by atoms with Gasteiger partial charge in [-0.05, 0) is 45.5 Å². The van der Waals surface area contributed by atoms with Crippen molar-refractivity contribution in [3.05, 3.63) is 29.8 Å². The summed E-state index contributed by atoms with van der Waals surface area (Å²) in [6.45, 7) is 6.11. The molecular formula is C15H24N2O2. The summed E-state index contributed by atoms with van der Waals surface area (Å²) < 4.78 is 5.56. The van der Waals surface area contributed by atoms with Gasteiger partial charge in [0.15, 0.2) is 6.61 Å². The van der Waals surface area contributed by atoms with E-state index < -0.39 is 0 Å². The minimum Gasteiger partial charge on any atom is -0.484 e. The lowest BCUT2D eigenvalue weighted by atomic mass is 10.1. The van der Waals surface area contributed by atoms with E-state index in [4.69, 9.17) is 4.74 Å². The van der Waals surface area contributed by atoms with Crippen LogP contribution in [0.15, 0.2) is 24.3 Å². The van der Waals surface area contributed by atoms with Crippen LogP contribution in [0.3, 0.4) is 0 Å². The molecule has 0 saturated heterocycles. The Balaban J connectivity index is 2.61. The number of nitrogens with one attached hydrogen (secondary N) is 1. The predicted molar refractivity (Wildman–Crippen MR) is 77.3 cm³/mol. The van der Waals surface area contributed by atoms with Crippen LogP contribution in [-0.4, -0.2) is 37.6 Å². The smallest absolute Gasteiger partial charge is 0.260 e. The fourth-order valence-corrected chi connectivity index (χ4v) is 1.58. The fourth-order valence-electron chi connectivity index (χ4n) is 1.58. The van der Waals surface area contributed by atoms with Crippen LogP contribution in [-0.2, 0) is 4.79 Å². The molecule has 0 spiro atoms. The molecule has 106 valence electrons. The summed E-state index contributed by atoms with van der Waals surface area (Å²) in [5, 5.41) is 3.18. The predicted octanol–water partition coefficient (Wildman–Crippen LogP) is 2.21. The van der Waals surface area contributed by atoms with Crippen LogP contribution in [0.2, 0.25) is 0 Å². The normalized spacial score (nSPS) is 12.3. The Hall–Kier alpha value is -1.55. The van der Waals surface area contributed by atoms with Crippen LogP contribution in [0.25, 0.3) is 0 Å². The Morgan fingerprint density at radius 1 is 1.37 bits per heavy atom. The van der Waals surface area contributed by atoms with Crippen molar-refractivity contribution in [1.29, 1.82) is 0 Å². The molecule has 1 rings (SSSR count). The SMILES string of the molecule is CNC(C)c1cccc(OCC(=O)N(C)C(C)C)c1. The van der Waals surface area contributed by atoms with Gasteiger partial charge in [-0.15, -0.1) is 0 Å². The van der Waals surface area contributed by atoms with Gasteiger partial charge in [0, 0.05) is 19.1 Å². The van der Waals surface area contributed by atoms with E-state index in [1.807, 2.05) is 45.2 Å². The highest BCUT2D eigenvalue weighted by Gasteiger charge is 2.12. The highest BCUT2D eigenvalue weighted by molar-refractivity contribution is 5.77. The van der Waals surface area contributed by atoms with E-state index in [2.05, 4.69) is 12.2 Å². The molecule has 4 heteroatoms. The zero-order valence-electron chi connectivity index (χ0n) is 12.4. The molecule has 0 saturated carbocycles. The number of carbonyl (C=O) groups excluding carboxylic acids is 1. The molecule has 0 fully saturated rings. The topological polar surface area (TPSA) is 41.6 Å². The molecule has 0 aliphatic heterocycles. The minimum absolute atomic E-state index is 0.0120. The first-order valence-electron chi connectivity index (χ1n) is 6.61. The molecule has 0 aromatic heterocycles. The van der Waals surface area contributed by atoms with Crippen molar-refractivity contribution in [2.24, 2.45) is 0 Å². The maximum atomic E-state index is 11.8. The third kappa shape index (κ3) is 4.56. The van der Waals surface area contributed by atoms with E-state index in [0.717, 1.165) is 11.3 Å². The average molecular weight is 264 g/mol. The maximum absolute atomic E-state index is 11.8. The van der Waals surface area contributed by atoms with E-state index in [1.54, 1.807) is 11.9 Å². The molecule has 0 heterocycles. The van der Waals surface area contributed by atoms with Gasteiger partial charge in [-0.25, -0.2) is 0 Å². The number of carbonyl (C=O) groups is 1. The van der Waals surface area contributed by atoms with Gasteiger partial charge in [-0.3, -0.25) is 4.79 Å². The van der Waals surface area contributed by atoms with Gasteiger partial charge in [-0.1, -0.05) is 12.1 Å². The fraction of sp³-hybridized carbons (Fsp3) is 0.533. The Labute approximate surface area is 115 Å². The third-order valence-corrected chi connectivity index (χ3v) is 3.32. The average Bonchev–Trinajstić information content (AvgIpc) is 2.43. The number of rotatable bonds is 6. The zero-order chi connectivity index (χ0) is 14.4. The molecule has 0 aliphatic rings. The molecule has 0 aliphatic carbocycles. The lowest BCUT2D eigenvalue weighted by Gasteiger charge is -2.21. The van der Waals surface area contributed by atoms with Crippen molar-refractivity contribution < 1.29 is 9.53 Å². The van der Waals surface area contributed by atoms with E-state index in [1.165, 1.54) is 0 Å². The maximum Gasteiger partial charge on any atom is 0.260 e. The van der Waals surface area contributed by atoms with Gasteiger partial charge in [0.05, 0.1) is 0 Å². The summed E-state index contributed by atoms with van der Waals surface area (Å²) in [4.78, 5) is 13.5. The first-order chi connectivity index (χ1) is 8.95. The number of nitrogens with zero attached hydrogens (tertiary/aromatic N) is 1. The number of hydrogen-bond donors (Lipinski definition) is 1. The van der Waals surface area contributed by atoms with Crippen LogP contribution in [0.5, 0.6) is 5.75 Å². The molecule has 4 nitrogen and oxygen atoms in total. The van der Waals surface area contributed by atoms with Gasteiger partial charge >= 0.3 is 0 Å². The van der Waals surface area contributed by atoms with Crippen LogP contribution in [0.1, 0.15) is 32.4 Å². The monoisotopic (exact) mass is 264 g/mol. The zero-order valence-corrected chi connectivity index (χ0v) is 12.4. The molecule has 19 heavy (non-hydrogen) atoms. The first-order valence-corrected chi connectivity index (χ1v) is 6.61. The molecule has 0 radical (unpaired) electrons. The van der Waals surface area contributed by atoms with Crippen LogP contribution < -0.4 is 10.1 Å². The summed E-state index contributed by atoms with van der Waals surface area (Å²) in [7, 11) is 3.70. The quantitative estimate of drug-likeness (QED) is 0.856. The highest BCUT2D eigenvalue weighted by atomic mass is 16.5. The van der Waals surface area contributed by atoms with Crippen molar-refractivity contribution in [3.63, 3.8) is 0 Å². The largest absolute Gasteiger partial charge is 0.484 e. The molecule has 1 unspecified atom stereocenters. The van der Waals surface area contributed by atoms with E-state index in [9.17, 15) is 4.79 Å². The molecule has 1 amide bonds. The van der Waals surface area contributed by atoms with Crippen molar-refractivity contribution in [3.8, 4) is 5.75 Å². The summed E-state index contributed by atoms with van der Waals surface area (Å²) in [6, 6.07) is 8.26. The number of hydrogen-bond acceptors (Lipinski definition) is 3. The molecular weight excluding hydrogens is 240 g/mol. The summed E-state index contributed by atoms with van der Waals surface area (Å²) in [6.07, 6.45) is 0. The Bertz CT molecular complexity index is 418. The van der Waals surface area contributed by atoms with Crippen molar-refractivity contribution >= 4 is 5.91 Å². The van der Waals surface area contributed by atoms with Gasteiger partial charge < -0.3 is 15.0 Å². The number of likely N-dealkylation sites (N-methyl/N-ethyl adjacent to an activating group) is 1. The standard InChI is InChI=1S/C15H24N2O2/c1-11(2)17(5)15(18)10-19-14-8-6-7-13(9-14)12(3)16-4/h6-9,11-12,16H,10H2,1-5H3. The second kappa shape index (κ2) is 7.14. The lowest BCUT2D eigenvalue weighted by Crippen LogP contribution is -2.36. The Morgan fingerprint density at radius 3 is 2.63 bits per heavy atom. The molecule has 0 bridgehead atoms. The van der Waals surface area contributed by atoms with Crippen LogP contribution in [0.4, 0.5) is 0 Å². The second-order valence-corrected chi connectivity index (χ2v) is 4.97. The number of benzene rings is 1. The number of amides is 1. The summed E-state index contributed by atoms with van der Waals surface area (Å²) >= 11 is 0. The van der Waals surface area contributed by atoms with Crippen molar-refractivity contribution in [2.75, 3.05) is 20.7 Å². The Kier molecular flexibility index (Phi) is 5.83. The first kappa shape index (κ1) is 15.5. The van der Waals surface area contributed by atoms with Crippen LogP contribution >= 0.6 is 0 Å². The van der Waals surface area contributed by atoms with Gasteiger partial charge in [0.2, 0.25) is 0 Å². The minimum atomic E-state index is -0.0120. The van der Waals surface area contributed by atoms with E-state index in [-0.39, 0.29) is 24.6 Å². The van der Waals surface area contributed by atoms with Gasteiger partial charge in [0.1, 0.15) is 5.75 Å². The second-order valence-electron chi connectivity index (χ2n) is 4.97. The van der Waals surface area contributed by atoms with Crippen molar-refractivity contribution in [1.82, 2.24) is 10.2 Å². The van der Waals surface area contributed by atoms with Gasteiger partial charge in [-0.2, -0.15) is 0 Å². The van der Waals surface area contributed by atoms with Gasteiger partial charge in [0.25, 0.3) is 5.91 Å². The highest BCUT2D eigenvalue weighted by Crippen LogP contribution is 2.18. The third-order valence-electron chi connectivity index (χ3n) is 3.32. The molecule has 1 N–H and O–H groups in total.